The van der Waals surface area contributed by atoms with Crippen molar-refractivity contribution >= 4 is 46.2 Å². The van der Waals surface area contributed by atoms with Crippen LogP contribution in [0, 0.1) is 0 Å². The molecule has 0 spiro atoms. The Kier molecular flexibility index (Phi) is 4.59. The molecule has 0 aromatic heterocycles. The van der Waals surface area contributed by atoms with Gasteiger partial charge in [-0.1, -0.05) is 24.3 Å². The number of nitrogens with zero attached hydrogens (tertiary/aromatic N) is 2. The summed E-state index contributed by atoms with van der Waals surface area (Å²) in [7, 11) is 0. The van der Waals surface area contributed by atoms with E-state index >= 15 is 0 Å². The number of para-hydroxylation sites is 1. The molecule has 2 aromatic carbocycles. The Morgan fingerprint density at radius 1 is 1.10 bits per heavy atom. The Morgan fingerprint density at radius 2 is 1.86 bits per heavy atom. The van der Waals surface area contributed by atoms with Crippen LogP contribution in [0.4, 0.5) is 16.2 Å². The minimum atomic E-state index is -1.15. The van der Waals surface area contributed by atoms with Gasteiger partial charge in [-0.3, -0.25) is 19.2 Å². The second-order valence-corrected chi connectivity index (χ2v) is 7.41. The molecule has 2 heterocycles. The summed E-state index contributed by atoms with van der Waals surface area (Å²) in [6.45, 7) is -0.495. The van der Waals surface area contributed by atoms with E-state index in [2.05, 4.69) is 0 Å². The van der Waals surface area contributed by atoms with E-state index < -0.39 is 35.5 Å². The summed E-state index contributed by atoms with van der Waals surface area (Å²) in [5.74, 6) is -3.19. The van der Waals surface area contributed by atoms with Gasteiger partial charge in [0.1, 0.15) is 12.3 Å². The third-order valence-corrected chi connectivity index (χ3v) is 5.48. The van der Waals surface area contributed by atoms with Crippen molar-refractivity contribution in [1.29, 1.82) is 0 Å². The van der Waals surface area contributed by atoms with Crippen LogP contribution in [0.5, 0.6) is 5.75 Å². The van der Waals surface area contributed by atoms with Crippen molar-refractivity contribution in [2.45, 2.75) is 5.92 Å². The molecular formula is C20H14N2O6S. The number of hydrogen-bond donors (Lipinski definition) is 2. The number of carbonyl (C=O) groups is 4. The van der Waals surface area contributed by atoms with E-state index in [-0.39, 0.29) is 16.3 Å². The normalized spacial score (nSPS) is 19.9. The number of anilines is 2. The second-order valence-electron chi connectivity index (χ2n) is 6.41. The lowest BCUT2D eigenvalue weighted by Crippen LogP contribution is -2.33. The summed E-state index contributed by atoms with van der Waals surface area (Å²) >= 11 is 0.691. The third kappa shape index (κ3) is 3.25. The number of hydrogen-bond acceptors (Lipinski definition) is 6. The quantitative estimate of drug-likeness (QED) is 0.745. The first-order valence-electron chi connectivity index (χ1n) is 8.56. The standard InChI is InChI=1S/C20H14N2O6S/c23-12-5-3-4-11(8-12)22-19(27)16(29-20(22)28)9-14-13-6-1-2-7-15(13)21(18(14)26)10-17(24)25/h1-9,14,23H,10H2,(H,24,25)/b16-9-/t14-/m1/s1. The number of amides is 3. The summed E-state index contributed by atoms with van der Waals surface area (Å²) in [5, 5.41) is 18.2. The Morgan fingerprint density at radius 3 is 2.59 bits per heavy atom. The minimum absolute atomic E-state index is 0.0728. The molecule has 0 saturated carbocycles. The van der Waals surface area contributed by atoms with Crippen LogP contribution >= 0.6 is 11.8 Å². The SMILES string of the molecule is O=C(O)CN1C(=O)[C@H](/C=C2\SC(=O)N(c3cccc(O)c3)C2=O)c2ccccc21. The first-order chi connectivity index (χ1) is 13.9. The first kappa shape index (κ1) is 18.8. The van der Waals surface area contributed by atoms with Gasteiger partial charge in [0.25, 0.3) is 11.1 Å². The van der Waals surface area contributed by atoms with Gasteiger partial charge in [-0.15, -0.1) is 0 Å². The fourth-order valence-electron chi connectivity index (χ4n) is 3.36. The predicted molar refractivity (Wildman–Crippen MR) is 106 cm³/mol. The highest BCUT2D eigenvalue weighted by Crippen LogP contribution is 2.42. The van der Waals surface area contributed by atoms with E-state index in [0.29, 0.717) is 23.0 Å². The highest BCUT2D eigenvalue weighted by molar-refractivity contribution is 8.18. The maximum atomic E-state index is 12.8. The molecular weight excluding hydrogens is 396 g/mol. The van der Waals surface area contributed by atoms with Gasteiger partial charge in [0, 0.05) is 11.8 Å². The van der Waals surface area contributed by atoms with Crippen LogP contribution in [-0.2, 0) is 14.4 Å². The Balaban J connectivity index is 1.69. The number of phenols is 1. The Labute approximate surface area is 169 Å². The molecule has 2 aliphatic heterocycles. The van der Waals surface area contributed by atoms with Crippen molar-refractivity contribution in [3.05, 3.63) is 65.1 Å². The lowest BCUT2D eigenvalue weighted by atomic mass is 10.00. The molecule has 0 radical (unpaired) electrons. The van der Waals surface area contributed by atoms with Gasteiger partial charge in [0.15, 0.2) is 0 Å². The van der Waals surface area contributed by atoms with Crippen LogP contribution in [0.15, 0.2) is 59.5 Å². The van der Waals surface area contributed by atoms with E-state index in [1.54, 1.807) is 24.3 Å². The fraction of sp³-hybridized carbons (Fsp3) is 0.100. The molecule has 8 nitrogen and oxygen atoms in total. The third-order valence-electron chi connectivity index (χ3n) is 4.59. The monoisotopic (exact) mass is 410 g/mol. The molecule has 2 aromatic rings. The van der Waals surface area contributed by atoms with Gasteiger partial charge in [-0.2, -0.15) is 0 Å². The summed E-state index contributed by atoms with van der Waals surface area (Å²) in [5.41, 5.74) is 1.26. The molecule has 1 saturated heterocycles. The van der Waals surface area contributed by atoms with Crippen LogP contribution in [0.3, 0.4) is 0 Å². The number of benzene rings is 2. The highest BCUT2D eigenvalue weighted by Gasteiger charge is 2.41. The maximum Gasteiger partial charge on any atom is 0.323 e. The first-order valence-corrected chi connectivity index (χ1v) is 9.37. The number of aliphatic carboxylic acids is 1. The number of imide groups is 1. The van der Waals surface area contributed by atoms with E-state index in [1.165, 1.54) is 30.3 Å². The molecule has 1 atom stereocenters. The van der Waals surface area contributed by atoms with E-state index in [9.17, 15) is 24.3 Å². The number of phenolic OH excluding ortho intramolecular Hbond substituents is 1. The zero-order chi connectivity index (χ0) is 20.7. The smallest absolute Gasteiger partial charge is 0.323 e. The van der Waals surface area contributed by atoms with Gasteiger partial charge < -0.3 is 15.1 Å². The largest absolute Gasteiger partial charge is 0.508 e. The van der Waals surface area contributed by atoms with Crippen molar-refractivity contribution in [3.63, 3.8) is 0 Å². The number of carboxylic acid groups (broad SMARTS) is 1. The van der Waals surface area contributed by atoms with Gasteiger partial charge in [-0.25, -0.2) is 4.90 Å². The van der Waals surface area contributed by atoms with Crippen LogP contribution in [-0.4, -0.2) is 39.8 Å². The molecule has 29 heavy (non-hydrogen) atoms. The van der Waals surface area contributed by atoms with Crippen molar-refractivity contribution in [1.82, 2.24) is 0 Å². The molecule has 9 heteroatoms. The zero-order valence-electron chi connectivity index (χ0n) is 14.8. The predicted octanol–water partition coefficient (Wildman–Crippen LogP) is 2.69. The number of thioether (sulfide) groups is 1. The lowest BCUT2D eigenvalue weighted by Gasteiger charge is -2.14. The highest BCUT2D eigenvalue weighted by atomic mass is 32.2. The summed E-state index contributed by atoms with van der Waals surface area (Å²) in [6.07, 6.45) is 1.40. The topological polar surface area (TPSA) is 115 Å². The van der Waals surface area contributed by atoms with Crippen molar-refractivity contribution in [3.8, 4) is 5.75 Å². The van der Waals surface area contributed by atoms with E-state index in [4.69, 9.17) is 5.11 Å². The molecule has 2 N–H and O–H groups in total. The van der Waals surface area contributed by atoms with E-state index in [0.717, 1.165) is 9.80 Å². The van der Waals surface area contributed by atoms with E-state index in [1.807, 2.05) is 0 Å². The summed E-state index contributed by atoms with van der Waals surface area (Å²) in [6, 6.07) is 12.5. The number of aromatic hydroxyl groups is 1. The molecule has 4 rings (SSSR count). The molecule has 146 valence electrons. The molecule has 0 bridgehead atoms. The number of carboxylic acids is 1. The average Bonchev–Trinajstić information content (AvgIpc) is 3.10. The lowest BCUT2D eigenvalue weighted by molar-refractivity contribution is -0.136. The van der Waals surface area contributed by atoms with Crippen LogP contribution in [0.2, 0.25) is 0 Å². The van der Waals surface area contributed by atoms with Gasteiger partial charge in [0.2, 0.25) is 5.91 Å². The second kappa shape index (κ2) is 7.10. The molecule has 1 fully saturated rings. The Bertz CT molecular complexity index is 1100. The molecule has 0 aliphatic carbocycles. The van der Waals surface area contributed by atoms with Crippen LogP contribution < -0.4 is 9.80 Å². The van der Waals surface area contributed by atoms with Crippen molar-refractivity contribution < 1.29 is 29.4 Å². The van der Waals surface area contributed by atoms with Crippen LogP contribution in [0.25, 0.3) is 0 Å². The zero-order valence-corrected chi connectivity index (χ0v) is 15.6. The van der Waals surface area contributed by atoms with Gasteiger partial charge >= 0.3 is 5.97 Å². The van der Waals surface area contributed by atoms with Crippen molar-refractivity contribution in [2.24, 2.45) is 0 Å². The number of fused-ring (bicyclic) bond motifs is 1. The summed E-state index contributed by atoms with van der Waals surface area (Å²) in [4.78, 5) is 51.3. The summed E-state index contributed by atoms with van der Waals surface area (Å²) < 4.78 is 0. The molecule has 2 aliphatic rings. The molecule has 3 amide bonds. The molecule has 0 unspecified atom stereocenters. The maximum absolute atomic E-state index is 12.8. The fourth-order valence-corrected chi connectivity index (χ4v) is 4.21. The van der Waals surface area contributed by atoms with Crippen molar-refractivity contribution in [2.75, 3.05) is 16.3 Å². The van der Waals surface area contributed by atoms with Gasteiger partial charge in [-0.05, 0) is 41.6 Å². The minimum Gasteiger partial charge on any atom is -0.508 e. The average molecular weight is 410 g/mol. The van der Waals surface area contributed by atoms with Crippen LogP contribution in [0.1, 0.15) is 11.5 Å². The number of rotatable bonds is 4. The number of carbonyl (C=O) groups excluding carboxylic acids is 3. The Hall–Kier alpha value is -3.59. The van der Waals surface area contributed by atoms with Gasteiger partial charge in [0.05, 0.1) is 16.5 Å².